The maximum Gasteiger partial charge on any atom is 0.451 e. The van der Waals surface area contributed by atoms with Gasteiger partial charge in [0.25, 0.3) is 0 Å². The molecule has 8 heteroatoms. The molecule has 2 aromatic rings. The van der Waals surface area contributed by atoms with E-state index in [2.05, 4.69) is 20.0 Å². The molecule has 2 aromatic heterocycles. The van der Waals surface area contributed by atoms with E-state index in [1.807, 2.05) is 7.05 Å². The molecule has 0 radical (unpaired) electrons. The van der Waals surface area contributed by atoms with Crippen LogP contribution in [-0.2, 0) is 19.3 Å². The minimum atomic E-state index is -4.55. The smallest absolute Gasteiger partial charge is 0.296 e. The SMILES string of the molecule is CN1Cc2cnn(-c3ccnc(C(F)(F)F)n3)c2C1. The normalized spacial score (nSPS) is 15.8. The average Bonchev–Trinajstić information content (AvgIpc) is 2.86. The highest BCUT2D eigenvalue weighted by Crippen LogP contribution is 2.27. The lowest BCUT2D eigenvalue weighted by atomic mass is 10.3. The van der Waals surface area contributed by atoms with Gasteiger partial charge in [-0.15, -0.1) is 0 Å². The molecule has 0 N–H and O–H groups in total. The first-order valence-corrected chi connectivity index (χ1v) is 5.60. The molecule has 19 heavy (non-hydrogen) atoms. The molecule has 3 rings (SSSR count). The lowest BCUT2D eigenvalue weighted by Crippen LogP contribution is -2.15. The summed E-state index contributed by atoms with van der Waals surface area (Å²) < 4.78 is 39.2. The second-order valence-corrected chi connectivity index (χ2v) is 4.44. The number of hydrogen-bond acceptors (Lipinski definition) is 4. The van der Waals surface area contributed by atoms with Gasteiger partial charge in [-0.1, -0.05) is 0 Å². The van der Waals surface area contributed by atoms with Gasteiger partial charge in [0, 0.05) is 30.9 Å². The molecular formula is C11H10F3N5. The maximum absolute atomic E-state index is 12.6. The fraction of sp³-hybridized carbons (Fsp3) is 0.364. The molecular weight excluding hydrogens is 259 g/mol. The third kappa shape index (κ3) is 2.07. The fourth-order valence-electron chi connectivity index (χ4n) is 2.11. The van der Waals surface area contributed by atoms with Gasteiger partial charge in [0.15, 0.2) is 5.82 Å². The minimum absolute atomic E-state index is 0.138. The van der Waals surface area contributed by atoms with Gasteiger partial charge in [0.2, 0.25) is 5.82 Å². The Bertz CT molecular complexity index is 619. The van der Waals surface area contributed by atoms with E-state index in [4.69, 9.17) is 0 Å². The van der Waals surface area contributed by atoms with Gasteiger partial charge in [-0.05, 0) is 7.05 Å². The van der Waals surface area contributed by atoms with Crippen LogP contribution in [0.3, 0.4) is 0 Å². The third-order valence-corrected chi connectivity index (χ3v) is 2.93. The van der Waals surface area contributed by atoms with Crippen LogP contribution in [0.25, 0.3) is 5.82 Å². The first-order chi connectivity index (χ1) is 8.95. The lowest BCUT2D eigenvalue weighted by Gasteiger charge is -2.09. The maximum atomic E-state index is 12.6. The molecule has 0 amide bonds. The number of nitrogens with zero attached hydrogens (tertiary/aromatic N) is 5. The lowest BCUT2D eigenvalue weighted by molar-refractivity contribution is -0.145. The first-order valence-electron chi connectivity index (χ1n) is 5.60. The highest BCUT2D eigenvalue weighted by atomic mass is 19.4. The molecule has 0 atom stereocenters. The van der Waals surface area contributed by atoms with Gasteiger partial charge in [-0.3, -0.25) is 4.90 Å². The van der Waals surface area contributed by atoms with Crippen molar-refractivity contribution in [2.24, 2.45) is 0 Å². The zero-order chi connectivity index (χ0) is 13.6. The summed E-state index contributed by atoms with van der Waals surface area (Å²) in [6.07, 6.45) is -1.80. The molecule has 0 unspecified atom stereocenters. The Morgan fingerprint density at radius 3 is 2.79 bits per heavy atom. The number of halogens is 3. The standard InChI is InChI=1S/C11H10F3N5/c1-18-5-7-4-16-19(8(7)6-18)9-2-3-15-10(17-9)11(12,13)14/h2-4H,5-6H2,1H3. The van der Waals surface area contributed by atoms with E-state index in [1.54, 1.807) is 6.20 Å². The Morgan fingerprint density at radius 2 is 2.05 bits per heavy atom. The summed E-state index contributed by atoms with van der Waals surface area (Å²) in [5.41, 5.74) is 1.88. The van der Waals surface area contributed by atoms with Crippen LogP contribution in [0, 0.1) is 0 Å². The van der Waals surface area contributed by atoms with E-state index >= 15 is 0 Å². The van der Waals surface area contributed by atoms with Crippen LogP contribution in [-0.4, -0.2) is 31.7 Å². The summed E-state index contributed by atoms with van der Waals surface area (Å²) >= 11 is 0. The van der Waals surface area contributed by atoms with Crippen LogP contribution < -0.4 is 0 Å². The highest BCUT2D eigenvalue weighted by molar-refractivity contribution is 5.31. The van der Waals surface area contributed by atoms with Crippen LogP contribution in [0.15, 0.2) is 18.5 Å². The van der Waals surface area contributed by atoms with Gasteiger partial charge in [-0.25, -0.2) is 14.6 Å². The van der Waals surface area contributed by atoms with Crippen LogP contribution in [0.4, 0.5) is 13.2 Å². The zero-order valence-corrected chi connectivity index (χ0v) is 10.0. The van der Waals surface area contributed by atoms with Crippen molar-refractivity contribution in [2.75, 3.05) is 7.05 Å². The van der Waals surface area contributed by atoms with Gasteiger partial charge in [-0.2, -0.15) is 18.3 Å². The summed E-state index contributed by atoms with van der Waals surface area (Å²) in [4.78, 5) is 8.83. The molecule has 0 bridgehead atoms. The quantitative estimate of drug-likeness (QED) is 0.789. The van der Waals surface area contributed by atoms with Crippen LogP contribution in [0.1, 0.15) is 17.1 Å². The predicted molar refractivity (Wildman–Crippen MR) is 59.3 cm³/mol. The van der Waals surface area contributed by atoms with E-state index in [9.17, 15) is 13.2 Å². The van der Waals surface area contributed by atoms with E-state index < -0.39 is 12.0 Å². The zero-order valence-electron chi connectivity index (χ0n) is 10.0. The second-order valence-electron chi connectivity index (χ2n) is 4.44. The Hall–Kier alpha value is -1.96. The molecule has 0 saturated heterocycles. The molecule has 0 aliphatic carbocycles. The summed E-state index contributed by atoms with van der Waals surface area (Å²) in [5.74, 6) is -1.01. The summed E-state index contributed by atoms with van der Waals surface area (Å²) in [7, 11) is 1.94. The first kappa shape index (κ1) is 12.1. The van der Waals surface area contributed by atoms with E-state index in [0.717, 1.165) is 24.0 Å². The molecule has 3 heterocycles. The molecule has 1 aliphatic rings. The predicted octanol–water partition coefficient (Wildman–Crippen LogP) is 1.63. The Balaban J connectivity index is 2.04. The van der Waals surface area contributed by atoms with Crippen molar-refractivity contribution >= 4 is 0 Å². The number of aromatic nitrogens is 4. The second kappa shape index (κ2) is 4.02. The monoisotopic (exact) mass is 269 g/mol. The van der Waals surface area contributed by atoms with E-state index in [-0.39, 0.29) is 5.82 Å². The van der Waals surface area contributed by atoms with Crippen molar-refractivity contribution in [3.63, 3.8) is 0 Å². The minimum Gasteiger partial charge on any atom is -0.296 e. The van der Waals surface area contributed by atoms with Gasteiger partial charge in [0.05, 0.1) is 11.9 Å². The third-order valence-electron chi connectivity index (χ3n) is 2.93. The molecule has 0 saturated carbocycles. The molecule has 100 valence electrons. The number of fused-ring (bicyclic) bond motifs is 1. The van der Waals surface area contributed by atoms with Crippen molar-refractivity contribution in [2.45, 2.75) is 19.3 Å². The van der Waals surface area contributed by atoms with Crippen molar-refractivity contribution in [1.82, 2.24) is 24.6 Å². The van der Waals surface area contributed by atoms with Crippen molar-refractivity contribution < 1.29 is 13.2 Å². The molecule has 0 aromatic carbocycles. The van der Waals surface area contributed by atoms with E-state index in [1.165, 1.54) is 10.7 Å². The highest BCUT2D eigenvalue weighted by Gasteiger charge is 2.35. The Labute approximate surface area is 106 Å². The average molecular weight is 269 g/mol. The molecule has 0 fully saturated rings. The summed E-state index contributed by atoms with van der Waals surface area (Å²) in [6.45, 7) is 1.38. The van der Waals surface area contributed by atoms with Crippen LogP contribution in [0.5, 0.6) is 0 Å². The largest absolute Gasteiger partial charge is 0.451 e. The number of alkyl halides is 3. The Morgan fingerprint density at radius 1 is 1.26 bits per heavy atom. The van der Waals surface area contributed by atoms with Crippen LogP contribution >= 0.6 is 0 Å². The molecule has 5 nitrogen and oxygen atoms in total. The molecule has 0 spiro atoms. The van der Waals surface area contributed by atoms with E-state index in [0.29, 0.717) is 6.54 Å². The van der Waals surface area contributed by atoms with Gasteiger partial charge in [0.1, 0.15) is 0 Å². The Kier molecular flexibility index (Phi) is 2.56. The summed E-state index contributed by atoms with van der Waals surface area (Å²) in [5, 5.41) is 4.10. The topological polar surface area (TPSA) is 46.8 Å². The number of hydrogen-bond donors (Lipinski definition) is 0. The van der Waals surface area contributed by atoms with Crippen LogP contribution in [0.2, 0.25) is 0 Å². The van der Waals surface area contributed by atoms with Crippen molar-refractivity contribution in [3.8, 4) is 5.82 Å². The van der Waals surface area contributed by atoms with Crippen molar-refractivity contribution in [3.05, 3.63) is 35.5 Å². The fourth-order valence-corrected chi connectivity index (χ4v) is 2.11. The number of rotatable bonds is 1. The summed E-state index contributed by atoms with van der Waals surface area (Å²) in [6, 6.07) is 1.42. The van der Waals surface area contributed by atoms with Gasteiger partial charge < -0.3 is 0 Å². The van der Waals surface area contributed by atoms with Gasteiger partial charge >= 0.3 is 6.18 Å². The molecule has 1 aliphatic heterocycles. The van der Waals surface area contributed by atoms with Crippen molar-refractivity contribution in [1.29, 1.82) is 0 Å².